The highest BCUT2D eigenvalue weighted by atomic mass is 16.5. The molecule has 138 valence electrons. The summed E-state index contributed by atoms with van der Waals surface area (Å²) in [5, 5.41) is 6.73. The fourth-order valence-corrected chi connectivity index (χ4v) is 3.06. The third-order valence-corrected chi connectivity index (χ3v) is 4.36. The van der Waals surface area contributed by atoms with Crippen molar-refractivity contribution in [3.8, 4) is 0 Å². The first-order chi connectivity index (χ1) is 12.6. The molecule has 0 bridgehead atoms. The number of aryl methyl sites for hydroxylation is 1. The van der Waals surface area contributed by atoms with Crippen LogP contribution in [-0.4, -0.2) is 51.5 Å². The quantitative estimate of drug-likeness (QED) is 0.912. The monoisotopic (exact) mass is 357 g/mol. The number of nitrogens with zero attached hydrogens (tertiary/aromatic N) is 4. The molecule has 2 aromatic rings. The van der Waals surface area contributed by atoms with E-state index >= 15 is 0 Å². The second-order valence-corrected chi connectivity index (χ2v) is 6.23. The second-order valence-electron chi connectivity index (χ2n) is 6.23. The highest BCUT2D eigenvalue weighted by molar-refractivity contribution is 5.89. The van der Waals surface area contributed by atoms with Crippen molar-refractivity contribution in [2.24, 2.45) is 0 Å². The van der Waals surface area contributed by atoms with Crippen LogP contribution >= 0.6 is 0 Å². The molecular formula is C18H23N5O3. The highest BCUT2D eigenvalue weighted by Gasteiger charge is 2.34. The van der Waals surface area contributed by atoms with Crippen molar-refractivity contribution in [3.63, 3.8) is 0 Å². The van der Waals surface area contributed by atoms with E-state index in [1.54, 1.807) is 16.7 Å². The molecule has 3 rings (SSSR count). The van der Waals surface area contributed by atoms with Crippen molar-refractivity contribution < 1.29 is 14.1 Å². The predicted octanol–water partition coefficient (Wildman–Crippen LogP) is 2.60. The Bertz CT molecular complexity index is 761. The number of hydrogen-bond donors (Lipinski definition) is 1. The van der Waals surface area contributed by atoms with Gasteiger partial charge >= 0.3 is 6.03 Å². The minimum Gasteiger partial charge on any atom is -0.337 e. The molecule has 1 N–H and O–H groups in total. The largest absolute Gasteiger partial charge is 0.337 e. The third kappa shape index (κ3) is 4.01. The van der Waals surface area contributed by atoms with Gasteiger partial charge in [0, 0.05) is 25.2 Å². The third-order valence-electron chi connectivity index (χ3n) is 4.36. The van der Waals surface area contributed by atoms with E-state index in [-0.39, 0.29) is 11.9 Å². The van der Waals surface area contributed by atoms with Gasteiger partial charge in [-0.15, -0.1) is 0 Å². The number of anilines is 1. The summed E-state index contributed by atoms with van der Waals surface area (Å²) in [7, 11) is 0. The van der Waals surface area contributed by atoms with Crippen molar-refractivity contribution in [2.45, 2.75) is 32.7 Å². The first kappa shape index (κ1) is 17.9. The van der Waals surface area contributed by atoms with Crippen LogP contribution in [-0.2, 0) is 4.79 Å². The Morgan fingerprint density at radius 3 is 2.69 bits per heavy atom. The van der Waals surface area contributed by atoms with Gasteiger partial charge in [0.2, 0.25) is 5.91 Å². The Morgan fingerprint density at radius 1 is 1.27 bits per heavy atom. The Balaban J connectivity index is 1.80. The van der Waals surface area contributed by atoms with Crippen molar-refractivity contribution in [1.29, 1.82) is 0 Å². The first-order valence-electron chi connectivity index (χ1n) is 8.79. The molecule has 2 heterocycles. The second kappa shape index (κ2) is 7.99. The lowest BCUT2D eigenvalue weighted by Crippen LogP contribution is -2.41. The zero-order chi connectivity index (χ0) is 18.5. The maximum atomic E-state index is 12.7. The molecule has 1 unspecified atom stereocenters. The van der Waals surface area contributed by atoms with Gasteiger partial charge in [-0.25, -0.2) is 4.79 Å². The number of urea groups is 1. The van der Waals surface area contributed by atoms with Crippen LogP contribution in [0.1, 0.15) is 37.5 Å². The number of carbonyl (C=O) groups is 2. The summed E-state index contributed by atoms with van der Waals surface area (Å²) < 4.78 is 5.32. The normalized spacial score (nSPS) is 17.7. The number of para-hydroxylation sites is 1. The Morgan fingerprint density at radius 2 is 2.04 bits per heavy atom. The molecule has 0 spiro atoms. The van der Waals surface area contributed by atoms with Crippen LogP contribution in [0.2, 0.25) is 0 Å². The van der Waals surface area contributed by atoms with Gasteiger partial charge in [0.1, 0.15) is 6.04 Å². The fourth-order valence-electron chi connectivity index (χ4n) is 3.06. The first-order valence-corrected chi connectivity index (χ1v) is 8.79. The van der Waals surface area contributed by atoms with E-state index in [4.69, 9.17) is 4.52 Å². The Kier molecular flexibility index (Phi) is 5.50. The summed E-state index contributed by atoms with van der Waals surface area (Å²) in [4.78, 5) is 32.8. The minimum absolute atomic E-state index is 0.0103. The lowest BCUT2D eigenvalue weighted by atomic mass is 10.2. The number of benzene rings is 1. The maximum absolute atomic E-state index is 12.7. The summed E-state index contributed by atoms with van der Waals surface area (Å²) in [5.41, 5.74) is 0.730. The van der Waals surface area contributed by atoms with Gasteiger partial charge in [-0.3, -0.25) is 4.79 Å². The molecule has 8 nitrogen and oxygen atoms in total. The summed E-state index contributed by atoms with van der Waals surface area (Å²) in [5.74, 6) is 0.883. The van der Waals surface area contributed by atoms with E-state index < -0.39 is 6.04 Å². The van der Waals surface area contributed by atoms with Gasteiger partial charge < -0.3 is 19.6 Å². The predicted molar refractivity (Wildman–Crippen MR) is 95.4 cm³/mol. The summed E-state index contributed by atoms with van der Waals surface area (Å²) in [6.45, 7) is 4.97. The molecule has 8 heteroatoms. The molecule has 1 aromatic carbocycles. The summed E-state index contributed by atoms with van der Waals surface area (Å²) >= 11 is 0. The van der Waals surface area contributed by atoms with Crippen LogP contribution in [0.4, 0.5) is 10.5 Å². The molecule has 1 aliphatic rings. The molecule has 0 saturated carbocycles. The molecule has 1 saturated heterocycles. The van der Waals surface area contributed by atoms with Crippen LogP contribution in [0.15, 0.2) is 34.9 Å². The summed E-state index contributed by atoms with van der Waals surface area (Å²) in [6.07, 6.45) is 1.08. The van der Waals surface area contributed by atoms with E-state index in [9.17, 15) is 9.59 Å². The lowest BCUT2D eigenvalue weighted by Gasteiger charge is -2.29. The highest BCUT2D eigenvalue weighted by Crippen LogP contribution is 2.25. The SMILES string of the molecule is CCC(=O)N1CCCN(C(=O)Nc2ccccc2)CC1c1nc(C)no1. The molecule has 3 amide bonds. The van der Waals surface area contributed by atoms with E-state index in [0.717, 1.165) is 5.69 Å². The van der Waals surface area contributed by atoms with E-state index in [1.165, 1.54) is 0 Å². The van der Waals surface area contributed by atoms with Crippen molar-refractivity contribution in [1.82, 2.24) is 19.9 Å². The zero-order valence-electron chi connectivity index (χ0n) is 15.0. The van der Waals surface area contributed by atoms with Crippen molar-refractivity contribution in [3.05, 3.63) is 42.0 Å². The molecule has 1 aliphatic heterocycles. The minimum atomic E-state index is -0.437. The van der Waals surface area contributed by atoms with Gasteiger partial charge in [0.15, 0.2) is 5.82 Å². The van der Waals surface area contributed by atoms with Crippen LogP contribution < -0.4 is 5.32 Å². The van der Waals surface area contributed by atoms with E-state index in [0.29, 0.717) is 44.2 Å². The summed E-state index contributed by atoms with van der Waals surface area (Å²) in [6, 6.07) is 8.65. The Labute approximate surface area is 152 Å². The van der Waals surface area contributed by atoms with Gasteiger partial charge in [0.25, 0.3) is 5.89 Å². The van der Waals surface area contributed by atoms with Crippen LogP contribution in [0.25, 0.3) is 0 Å². The van der Waals surface area contributed by atoms with Gasteiger partial charge in [0.05, 0.1) is 6.54 Å². The lowest BCUT2D eigenvalue weighted by molar-refractivity contribution is -0.133. The number of amides is 3. The molecule has 0 aliphatic carbocycles. The van der Waals surface area contributed by atoms with E-state index in [2.05, 4.69) is 15.5 Å². The Hall–Kier alpha value is -2.90. The van der Waals surface area contributed by atoms with Crippen LogP contribution in [0.3, 0.4) is 0 Å². The average molecular weight is 357 g/mol. The zero-order valence-corrected chi connectivity index (χ0v) is 15.0. The number of nitrogens with one attached hydrogen (secondary N) is 1. The van der Waals surface area contributed by atoms with Gasteiger partial charge in [-0.1, -0.05) is 30.3 Å². The van der Waals surface area contributed by atoms with Crippen molar-refractivity contribution in [2.75, 3.05) is 25.0 Å². The molecule has 1 atom stereocenters. The average Bonchev–Trinajstić information content (AvgIpc) is 2.95. The molecule has 26 heavy (non-hydrogen) atoms. The van der Waals surface area contributed by atoms with Gasteiger partial charge in [-0.05, 0) is 25.5 Å². The maximum Gasteiger partial charge on any atom is 0.321 e. The molecule has 0 radical (unpaired) electrons. The van der Waals surface area contributed by atoms with Crippen LogP contribution in [0.5, 0.6) is 0 Å². The number of hydrogen-bond acceptors (Lipinski definition) is 5. The van der Waals surface area contributed by atoms with Gasteiger partial charge in [-0.2, -0.15) is 4.98 Å². The van der Waals surface area contributed by atoms with E-state index in [1.807, 2.05) is 37.3 Å². The smallest absolute Gasteiger partial charge is 0.321 e. The number of aromatic nitrogens is 2. The number of carbonyl (C=O) groups excluding carboxylic acids is 2. The molecule has 1 aromatic heterocycles. The van der Waals surface area contributed by atoms with Crippen molar-refractivity contribution >= 4 is 17.6 Å². The topological polar surface area (TPSA) is 91.6 Å². The number of rotatable bonds is 3. The molecular weight excluding hydrogens is 334 g/mol. The molecule has 1 fully saturated rings. The standard InChI is InChI=1S/C18H23N5O3/c1-3-16(24)23-11-7-10-22(12-15(23)17-19-13(2)21-26-17)18(25)20-14-8-5-4-6-9-14/h4-6,8-9,15H,3,7,10-12H2,1-2H3,(H,20,25). The fraction of sp³-hybridized carbons (Fsp3) is 0.444. The van der Waals surface area contributed by atoms with Crippen LogP contribution in [0, 0.1) is 6.92 Å².